The van der Waals surface area contributed by atoms with E-state index in [2.05, 4.69) is 26.8 Å². The molecule has 0 spiro atoms. The summed E-state index contributed by atoms with van der Waals surface area (Å²) in [5.41, 5.74) is 1.16. The molecule has 0 aromatic heterocycles. The largest absolute Gasteiger partial charge is 0.508 e. The first-order valence-corrected chi connectivity index (χ1v) is 8.86. The third kappa shape index (κ3) is 7.02. The molecule has 0 unspecified atom stereocenters. The molecule has 0 saturated heterocycles. The van der Waals surface area contributed by atoms with Gasteiger partial charge in [0.05, 0.1) is 0 Å². The van der Waals surface area contributed by atoms with Crippen LogP contribution in [-0.2, 0) is 5.41 Å². The first-order chi connectivity index (χ1) is 10.1. The van der Waals surface area contributed by atoms with E-state index in [1.807, 2.05) is 12.1 Å². The van der Waals surface area contributed by atoms with Gasteiger partial charge in [-0.25, -0.2) is 0 Å². The second-order valence-electron chi connectivity index (χ2n) is 6.98. The molecule has 0 atom stereocenters. The summed E-state index contributed by atoms with van der Waals surface area (Å²) in [6.07, 6.45) is 13.5. The van der Waals surface area contributed by atoms with Gasteiger partial charge in [0.2, 0.25) is 0 Å². The Labute approximate surface area is 131 Å². The van der Waals surface area contributed by atoms with Crippen molar-refractivity contribution >= 4 is 0 Å². The maximum atomic E-state index is 9.99. The lowest BCUT2D eigenvalue weighted by atomic mass is 9.79. The van der Waals surface area contributed by atoms with E-state index >= 15 is 0 Å². The molecule has 21 heavy (non-hydrogen) atoms. The van der Waals surface area contributed by atoms with Crippen LogP contribution in [0.3, 0.4) is 0 Å². The number of hydrogen-bond acceptors (Lipinski definition) is 1. The molecule has 1 N–H and O–H groups in total. The number of para-hydroxylation sites is 1. The molecular weight excluding hydrogens is 256 g/mol. The SMILES string of the molecule is CCCCCCCCCCCC(C)(C)c1ccccc1O. The van der Waals surface area contributed by atoms with Crippen LogP contribution in [0, 0.1) is 0 Å². The first-order valence-electron chi connectivity index (χ1n) is 8.86. The van der Waals surface area contributed by atoms with Crippen LogP contribution in [0.5, 0.6) is 5.75 Å². The highest BCUT2D eigenvalue weighted by atomic mass is 16.3. The van der Waals surface area contributed by atoms with Gasteiger partial charge >= 0.3 is 0 Å². The van der Waals surface area contributed by atoms with Gasteiger partial charge in [-0.15, -0.1) is 0 Å². The minimum atomic E-state index is 0.0759. The van der Waals surface area contributed by atoms with Crippen molar-refractivity contribution in [3.63, 3.8) is 0 Å². The third-order valence-electron chi connectivity index (χ3n) is 4.54. The monoisotopic (exact) mass is 290 g/mol. The fourth-order valence-corrected chi connectivity index (χ4v) is 3.06. The van der Waals surface area contributed by atoms with E-state index in [4.69, 9.17) is 0 Å². The van der Waals surface area contributed by atoms with Crippen molar-refractivity contribution in [2.75, 3.05) is 0 Å². The number of hydrogen-bond donors (Lipinski definition) is 1. The lowest BCUT2D eigenvalue weighted by Gasteiger charge is -2.26. The fourth-order valence-electron chi connectivity index (χ4n) is 3.06. The molecule has 1 heteroatoms. The molecule has 0 amide bonds. The summed E-state index contributed by atoms with van der Waals surface area (Å²) in [5.74, 6) is 0.443. The molecular formula is C20H34O. The Hall–Kier alpha value is -0.980. The summed E-state index contributed by atoms with van der Waals surface area (Å²) in [5, 5.41) is 9.99. The maximum absolute atomic E-state index is 9.99. The van der Waals surface area contributed by atoms with Gasteiger partial charge in [-0.3, -0.25) is 0 Å². The summed E-state index contributed by atoms with van der Waals surface area (Å²) in [4.78, 5) is 0. The van der Waals surface area contributed by atoms with Crippen molar-refractivity contribution in [2.24, 2.45) is 0 Å². The molecule has 1 rings (SSSR count). The Morgan fingerprint density at radius 2 is 1.33 bits per heavy atom. The van der Waals surface area contributed by atoms with Crippen LogP contribution >= 0.6 is 0 Å². The molecule has 0 fully saturated rings. The molecule has 0 bridgehead atoms. The lowest BCUT2D eigenvalue weighted by molar-refractivity contribution is 0.405. The number of unbranched alkanes of at least 4 members (excludes halogenated alkanes) is 8. The van der Waals surface area contributed by atoms with Gasteiger partial charge < -0.3 is 5.11 Å². The molecule has 0 saturated carbocycles. The van der Waals surface area contributed by atoms with E-state index in [1.165, 1.54) is 57.8 Å². The molecule has 0 aliphatic heterocycles. The lowest BCUT2D eigenvalue weighted by Crippen LogP contribution is -2.17. The van der Waals surface area contributed by atoms with Crippen LogP contribution in [0.25, 0.3) is 0 Å². The standard InChI is InChI=1S/C20H34O/c1-4-5-6-7-8-9-10-11-14-17-20(2,3)18-15-12-13-16-19(18)21/h12-13,15-16,21H,4-11,14,17H2,1-3H3. The minimum absolute atomic E-state index is 0.0759. The fraction of sp³-hybridized carbons (Fsp3) is 0.700. The highest BCUT2D eigenvalue weighted by molar-refractivity contribution is 5.37. The van der Waals surface area contributed by atoms with Gasteiger partial charge in [-0.1, -0.05) is 96.8 Å². The van der Waals surface area contributed by atoms with Gasteiger partial charge in [0.1, 0.15) is 5.75 Å². The smallest absolute Gasteiger partial charge is 0.119 e. The maximum Gasteiger partial charge on any atom is 0.119 e. The first kappa shape index (κ1) is 18.1. The van der Waals surface area contributed by atoms with E-state index in [9.17, 15) is 5.11 Å². The average Bonchev–Trinajstić information content (AvgIpc) is 2.46. The van der Waals surface area contributed by atoms with E-state index < -0.39 is 0 Å². The van der Waals surface area contributed by atoms with Crippen LogP contribution in [0.2, 0.25) is 0 Å². The number of phenolic OH excluding ortho intramolecular Hbond substituents is 1. The van der Waals surface area contributed by atoms with Crippen molar-refractivity contribution in [1.82, 2.24) is 0 Å². The van der Waals surface area contributed by atoms with Crippen LogP contribution in [0.4, 0.5) is 0 Å². The summed E-state index contributed by atoms with van der Waals surface area (Å²) in [6.45, 7) is 6.76. The second-order valence-corrected chi connectivity index (χ2v) is 6.98. The zero-order valence-electron chi connectivity index (χ0n) is 14.3. The molecule has 1 aromatic rings. The Morgan fingerprint density at radius 3 is 1.90 bits per heavy atom. The van der Waals surface area contributed by atoms with Crippen LogP contribution in [0.15, 0.2) is 24.3 Å². The summed E-state index contributed by atoms with van der Waals surface area (Å²) in [7, 11) is 0. The van der Waals surface area contributed by atoms with Crippen LogP contribution in [0.1, 0.15) is 90.5 Å². The van der Waals surface area contributed by atoms with Gasteiger partial charge in [0.25, 0.3) is 0 Å². The molecule has 1 nitrogen and oxygen atoms in total. The molecule has 0 radical (unpaired) electrons. The Bertz CT molecular complexity index is 381. The van der Waals surface area contributed by atoms with Crippen molar-refractivity contribution in [3.8, 4) is 5.75 Å². The van der Waals surface area contributed by atoms with Crippen LogP contribution < -0.4 is 0 Å². The molecule has 0 aliphatic rings. The highest BCUT2D eigenvalue weighted by Crippen LogP contribution is 2.34. The van der Waals surface area contributed by atoms with Gasteiger partial charge in [-0.05, 0) is 23.5 Å². The van der Waals surface area contributed by atoms with Crippen molar-refractivity contribution in [1.29, 1.82) is 0 Å². The highest BCUT2D eigenvalue weighted by Gasteiger charge is 2.22. The third-order valence-corrected chi connectivity index (χ3v) is 4.54. The Kier molecular flexibility index (Phi) is 8.49. The molecule has 120 valence electrons. The predicted octanol–water partition coefficient (Wildman–Crippen LogP) is 6.59. The molecule has 0 heterocycles. The van der Waals surface area contributed by atoms with Crippen molar-refractivity contribution in [3.05, 3.63) is 29.8 Å². The number of benzene rings is 1. The summed E-state index contributed by atoms with van der Waals surface area (Å²) >= 11 is 0. The topological polar surface area (TPSA) is 20.2 Å². The zero-order valence-corrected chi connectivity index (χ0v) is 14.3. The number of phenols is 1. The summed E-state index contributed by atoms with van der Waals surface area (Å²) in [6, 6.07) is 7.77. The van der Waals surface area contributed by atoms with Crippen molar-refractivity contribution in [2.45, 2.75) is 90.4 Å². The summed E-state index contributed by atoms with van der Waals surface area (Å²) < 4.78 is 0. The van der Waals surface area contributed by atoms with E-state index in [1.54, 1.807) is 6.07 Å². The van der Waals surface area contributed by atoms with E-state index in [0.29, 0.717) is 5.75 Å². The minimum Gasteiger partial charge on any atom is -0.508 e. The Balaban J connectivity index is 2.16. The molecule has 0 aliphatic carbocycles. The predicted molar refractivity (Wildman–Crippen MR) is 93.0 cm³/mol. The zero-order chi connectivity index (χ0) is 15.6. The number of rotatable bonds is 11. The Morgan fingerprint density at radius 1 is 0.810 bits per heavy atom. The van der Waals surface area contributed by atoms with E-state index in [0.717, 1.165) is 12.0 Å². The second kappa shape index (κ2) is 9.87. The number of aromatic hydroxyl groups is 1. The average molecular weight is 290 g/mol. The van der Waals surface area contributed by atoms with Gasteiger partial charge in [0.15, 0.2) is 0 Å². The van der Waals surface area contributed by atoms with Gasteiger partial charge in [0, 0.05) is 0 Å². The van der Waals surface area contributed by atoms with Gasteiger partial charge in [-0.2, -0.15) is 0 Å². The normalized spacial score (nSPS) is 11.8. The van der Waals surface area contributed by atoms with Crippen LogP contribution in [-0.4, -0.2) is 5.11 Å². The van der Waals surface area contributed by atoms with Crippen molar-refractivity contribution < 1.29 is 5.11 Å². The van der Waals surface area contributed by atoms with E-state index in [-0.39, 0.29) is 5.41 Å². The quantitative estimate of drug-likeness (QED) is 0.456. The molecule has 1 aromatic carbocycles.